The molecule has 86 valence electrons. The van der Waals surface area contributed by atoms with Crippen molar-refractivity contribution in [1.29, 1.82) is 0 Å². The van der Waals surface area contributed by atoms with Gasteiger partial charge in [-0.3, -0.25) is 4.72 Å². The van der Waals surface area contributed by atoms with Gasteiger partial charge in [0.25, 0.3) is 0 Å². The zero-order chi connectivity index (χ0) is 11.8. The van der Waals surface area contributed by atoms with E-state index in [-0.39, 0.29) is 0 Å². The van der Waals surface area contributed by atoms with Crippen LogP contribution in [-0.4, -0.2) is 18.6 Å². The van der Waals surface area contributed by atoms with Crippen molar-refractivity contribution in [3.63, 3.8) is 0 Å². The van der Waals surface area contributed by atoms with E-state index in [1.54, 1.807) is 25.1 Å². The summed E-state index contributed by atoms with van der Waals surface area (Å²) in [6.07, 6.45) is 0. The van der Waals surface area contributed by atoms with Crippen LogP contribution in [0.15, 0.2) is 22.6 Å². The quantitative estimate of drug-likeness (QED) is 0.858. The predicted octanol–water partition coefficient (Wildman–Crippen LogP) is 2.07. The number of fused-ring (bicyclic) bond motifs is 1. The molecule has 0 aliphatic rings. The van der Waals surface area contributed by atoms with Gasteiger partial charge in [0.05, 0.1) is 5.69 Å². The molecule has 0 saturated heterocycles. The topological polar surface area (TPSA) is 72.2 Å². The van der Waals surface area contributed by atoms with Crippen LogP contribution in [-0.2, 0) is 10.0 Å². The van der Waals surface area contributed by atoms with Gasteiger partial charge in [0, 0.05) is 6.92 Å². The molecule has 1 N–H and O–H groups in total. The van der Waals surface area contributed by atoms with E-state index >= 15 is 0 Å². The number of aryl methyl sites for hydroxylation is 1. The Bertz CT molecular complexity index is 621. The first-order chi connectivity index (χ1) is 7.50. The summed E-state index contributed by atoms with van der Waals surface area (Å²) < 4.78 is 30.0. The molecule has 2 rings (SSSR count). The number of hydrogen-bond acceptors (Lipinski definition) is 4. The minimum Gasteiger partial charge on any atom is -0.441 e. The van der Waals surface area contributed by atoms with Gasteiger partial charge in [-0.25, -0.2) is 13.4 Å². The zero-order valence-corrected chi connectivity index (χ0v) is 9.97. The Kier molecular flexibility index (Phi) is 2.77. The number of halogens is 1. The van der Waals surface area contributed by atoms with Gasteiger partial charge in [0.1, 0.15) is 10.7 Å². The monoisotopic (exact) mass is 260 g/mol. The van der Waals surface area contributed by atoms with Crippen molar-refractivity contribution in [2.24, 2.45) is 0 Å². The highest BCUT2D eigenvalue weighted by Crippen LogP contribution is 2.20. The number of nitrogens with zero attached hydrogens (tertiary/aromatic N) is 1. The Morgan fingerprint density at radius 2 is 2.25 bits per heavy atom. The van der Waals surface area contributed by atoms with Gasteiger partial charge in [0.2, 0.25) is 10.0 Å². The van der Waals surface area contributed by atoms with E-state index in [0.29, 0.717) is 22.7 Å². The summed E-state index contributed by atoms with van der Waals surface area (Å²) in [6, 6.07) is 4.84. The molecule has 0 spiro atoms. The van der Waals surface area contributed by atoms with Crippen LogP contribution in [0.1, 0.15) is 5.89 Å². The smallest absolute Gasteiger partial charge is 0.246 e. The molecule has 16 heavy (non-hydrogen) atoms. The molecule has 0 radical (unpaired) electrons. The van der Waals surface area contributed by atoms with Gasteiger partial charge in [-0.05, 0) is 18.2 Å². The molecule has 0 aliphatic carbocycles. The average molecular weight is 261 g/mol. The van der Waals surface area contributed by atoms with Crippen LogP contribution >= 0.6 is 11.6 Å². The third kappa shape index (κ3) is 2.28. The lowest BCUT2D eigenvalue weighted by Gasteiger charge is -2.03. The minimum atomic E-state index is -3.48. The number of alkyl halides is 1. The molecule has 5 nitrogen and oxygen atoms in total. The molecule has 0 aliphatic heterocycles. The molecule has 1 heterocycles. The van der Waals surface area contributed by atoms with Crippen molar-refractivity contribution in [2.45, 2.75) is 6.92 Å². The fourth-order valence-electron chi connectivity index (χ4n) is 1.31. The Hall–Kier alpha value is -1.27. The lowest BCUT2D eigenvalue weighted by Crippen LogP contribution is -2.13. The van der Waals surface area contributed by atoms with Crippen molar-refractivity contribution in [2.75, 3.05) is 9.93 Å². The average Bonchev–Trinajstić information content (AvgIpc) is 2.57. The molecule has 1 aromatic carbocycles. The van der Waals surface area contributed by atoms with Crippen LogP contribution < -0.4 is 4.72 Å². The van der Waals surface area contributed by atoms with Crippen LogP contribution in [0.2, 0.25) is 0 Å². The standard InChI is InChI=1S/C9H9ClN2O3S/c1-6-11-8-4-7(2-3-9(8)15-6)12-16(13,14)5-10/h2-4,12H,5H2,1H3. The van der Waals surface area contributed by atoms with E-state index in [1.807, 2.05) is 0 Å². The fourth-order valence-corrected chi connectivity index (χ4v) is 2.02. The summed E-state index contributed by atoms with van der Waals surface area (Å²) >= 11 is 5.28. The van der Waals surface area contributed by atoms with E-state index in [4.69, 9.17) is 16.0 Å². The maximum absolute atomic E-state index is 11.2. The van der Waals surface area contributed by atoms with Crippen molar-refractivity contribution in [1.82, 2.24) is 4.98 Å². The highest BCUT2D eigenvalue weighted by atomic mass is 35.5. The van der Waals surface area contributed by atoms with Crippen molar-refractivity contribution < 1.29 is 12.8 Å². The molecule has 0 amide bonds. The molecule has 2 aromatic rings. The van der Waals surface area contributed by atoms with Crippen molar-refractivity contribution >= 4 is 38.4 Å². The maximum atomic E-state index is 11.2. The van der Waals surface area contributed by atoms with Crippen LogP contribution in [0.4, 0.5) is 5.69 Å². The Labute approximate surface area is 97.5 Å². The Morgan fingerprint density at radius 3 is 2.94 bits per heavy atom. The summed E-state index contributed by atoms with van der Waals surface area (Å²) in [5.41, 5.74) is 1.64. The lowest BCUT2D eigenvalue weighted by molar-refractivity contribution is 0.561. The van der Waals surface area contributed by atoms with Crippen LogP contribution in [0, 0.1) is 6.92 Å². The summed E-state index contributed by atoms with van der Waals surface area (Å²) in [7, 11) is -3.48. The number of aromatic nitrogens is 1. The third-order valence-electron chi connectivity index (χ3n) is 1.91. The summed E-state index contributed by atoms with van der Waals surface area (Å²) in [5, 5.41) is -0.483. The molecule has 1 aromatic heterocycles. The summed E-state index contributed by atoms with van der Waals surface area (Å²) in [4.78, 5) is 4.10. The summed E-state index contributed by atoms with van der Waals surface area (Å²) in [5.74, 6) is 0.535. The second-order valence-electron chi connectivity index (χ2n) is 3.24. The SMILES string of the molecule is Cc1nc2cc(NS(=O)(=O)CCl)ccc2o1. The Morgan fingerprint density at radius 1 is 1.50 bits per heavy atom. The van der Waals surface area contributed by atoms with E-state index in [1.165, 1.54) is 0 Å². The fraction of sp³-hybridized carbons (Fsp3) is 0.222. The number of nitrogens with one attached hydrogen (secondary N) is 1. The molecule has 0 atom stereocenters. The van der Waals surface area contributed by atoms with E-state index in [0.717, 1.165) is 0 Å². The number of hydrogen-bond donors (Lipinski definition) is 1. The summed E-state index contributed by atoms with van der Waals surface area (Å²) in [6.45, 7) is 1.72. The lowest BCUT2D eigenvalue weighted by atomic mass is 10.3. The van der Waals surface area contributed by atoms with Gasteiger partial charge in [-0.2, -0.15) is 0 Å². The Balaban J connectivity index is 2.40. The van der Waals surface area contributed by atoms with Gasteiger partial charge in [-0.15, -0.1) is 11.6 Å². The van der Waals surface area contributed by atoms with Gasteiger partial charge >= 0.3 is 0 Å². The number of oxazole rings is 1. The number of sulfonamides is 1. The van der Waals surface area contributed by atoms with Crippen LogP contribution in [0.5, 0.6) is 0 Å². The number of rotatable bonds is 3. The van der Waals surface area contributed by atoms with Crippen molar-refractivity contribution in [3.8, 4) is 0 Å². The predicted molar refractivity (Wildman–Crippen MR) is 62.0 cm³/mol. The largest absolute Gasteiger partial charge is 0.441 e. The first kappa shape index (κ1) is 11.2. The normalized spacial score (nSPS) is 11.9. The van der Waals surface area contributed by atoms with E-state index in [2.05, 4.69) is 9.71 Å². The molecule has 0 saturated carbocycles. The first-order valence-electron chi connectivity index (χ1n) is 4.44. The second-order valence-corrected chi connectivity index (χ2v) is 5.55. The molecule has 7 heteroatoms. The van der Waals surface area contributed by atoms with Gasteiger partial charge < -0.3 is 4.42 Å². The van der Waals surface area contributed by atoms with Crippen molar-refractivity contribution in [3.05, 3.63) is 24.1 Å². The number of benzene rings is 1. The van der Waals surface area contributed by atoms with E-state index < -0.39 is 15.2 Å². The molecule has 0 bridgehead atoms. The number of anilines is 1. The maximum Gasteiger partial charge on any atom is 0.246 e. The van der Waals surface area contributed by atoms with E-state index in [9.17, 15) is 8.42 Å². The molecular formula is C9H9ClN2O3S. The van der Waals surface area contributed by atoms with Crippen LogP contribution in [0.3, 0.4) is 0 Å². The van der Waals surface area contributed by atoms with Gasteiger partial charge in [0.15, 0.2) is 11.5 Å². The highest BCUT2D eigenvalue weighted by Gasteiger charge is 2.09. The second kappa shape index (κ2) is 3.95. The zero-order valence-electron chi connectivity index (χ0n) is 8.40. The minimum absolute atomic E-state index is 0.418. The molecule has 0 unspecified atom stereocenters. The van der Waals surface area contributed by atoms with Gasteiger partial charge in [-0.1, -0.05) is 0 Å². The van der Waals surface area contributed by atoms with Crippen LogP contribution in [0.25, 0.3) is 11.1 Å². The highest BCUT2D eigenvalue weighted by molar-refractivity contribution is 7.93. The molecule has 0 fully saturated rings. The molecular weight excluding hydrogens is 252 g/mol. The first-order valence-corrected chi connectivity index (χ1v) is 6.62. The third-order valence-corrected chi connectivity index (χ3v) is 3.61.